The lowest BCUT2D eigenvalue weighted by Gasteiger charge is -2.12. The number of anilines is 1. The summed E-state index contributed by atoms with van der Waals surface area (Å²) in [5.74, 6) is 1.26. The van der Waals surface area contributed by atoms with Gasteiger partial charge in [0.15, 0.2) is 5.82 Å². The molecule has 0 radical (unpaired) electrons. The number of nitrogens with one attached hydrogen (secondary N) is 1. The number of carbonyl (C=O) groups excluding carboxylic acids is 1. The number of aromatic nitrogens is 4. The van der Waals surface area contributed by atoms with Gasteiger partial charge in [0, 0.05) is 23.0 Å². The zero-order valence-electron chi connectivity index (χ0n) is 17.6. The number of benzene rings is 2. The largest absolute Gasteiger partial charge is 0.494 e. The number of amides is 1. The minimum absolute atomic E-state index is 0.00518. The monoisotopic (exact) mass is 417 g/mol. The van der Waals surface area contributed by atoms with E-state index in [0.717, 1.165) is 16.9 Å². The Bertz CT molecular complexity index is 1310. The van der Waals surface area contributed by atoms with Crippen LogP contribution in [-0.2, 0) is 11.3 Å². The van der Waals surface area contributed by atoms with Crippen molar-refractivity contribution in [1.82, 2.24) is 19.2 Å². The first kappa shape index (κ1) is 20.3. The standard InChI is InChI=1S/C23H23N5O3/c1-4-31-19-10-8-18(9-11-19)24-20(29)14-27-16(3)13-21(30)28-23(27)25-22(26-28)17-7-5-6-15(2)12-17/h5-13H,4,14H2,1-3H3,(H,24,29). The fraction of sp³-hybridized carbons (Fsp3) is 0.217. The summed E-state index contributed by atoms with van der Waals surface area (Å²) in [6, 6.07) is 16.4. The molecule has 0 atom stereocenters. The van der Waals surface area contributed by atoms with Crippen LogP contribution in [0.2, 0.25) is 0 Å². The summed E-state index contributed by atoms with van der Waals surface area (Å²) in [5.41, 5.74) is 2.87. The maximum atomic E-state index is 12.7. The summed E-state index contributed by atoms with van der Waals surface area (Å²) in [4.78, 5) is 29.7. The predicted molar refractivity (Wildman–Crippen MR) is 118 cm³/mol. The van der Waals surface area contributed by atoms with Gasteiger partial charge in [-0.05, 0) is 51.1 Å². The molecule has 0 aliphatic heterocycles. The molecule has 0 unspecified atom stereocenters. The highest BCUT2D eigenvalue weighted by atomic mass is 16.5. The molecule has 0 spiro atoms. The Kier molecular flexibility index (Phi) is 5.53. The molecule has 1 N–H and O–H groups in total. The van der Waals surface area contributed by atoms with Crippen LogP contribution in [0.25, 0.3) is 17.2 Å². The van der Waals surface area contributed by atoms with Crippen LogP contribution in [0.4, 0.5) is 5.69 Å². The Balaban J connectivity index is 1.63. The Morgan fingerprint density at radius 3 is 2.58 bits per heavy atom. The van der Waals surface area contributed by atoms with Crippen molar-refractivity contribution in [2.45, 2.75) is 27.3 Å². The fourth-order valence-electron chi connectivity index (χ4n) is 3.35. The zero-order valence-corrected chi connectivity index (χ0v) is 17.6. The molecule has 0 aliphatic rings. The molecule has 8 heteroatoms. The maximum Gasteiger partial charge on any atom is 0.275 e. The minimum Gasteiger partial charge on any atom is -0.494 e. The van der Waals surface area contributed by atoms with E-state index in [1.54, 1.807) is 35.8 Å². The van der Waals surface area contributed by atoms with Crippen molar-refractivity contribution >= 4 is 17.4 Å². The molecule has 4 rings (SSSR count). The van der Waals surface area contributed by atoms with Crippen molar-refractivity contribution in [3.05, 3.63) is 76.2 Å². The van der Waals surface area contributed by atoms with Gasteiger partial charge in [0.1, 0.15) is 12.3 Å². The predicted octanol–water partition coefficient (Wildman–Crippen LogP) is 3.21. The Hall–Kier alpha value is -3.94. The van der Waals surface area contributed by atoms with Crippen LogP contribution in [0.5, 0.6) is 5.75 Å². The number of aryl methyl sites for hydroxylation is 2. The van der Waals surface area contributed by atoms with Gasteiger partial charge < -0.3 is 14.6 Å². The molecule has 31 heavy (non-hydrogen) atoms. The molecule has 2 aromatic carbocycles. The van der Waals surface area contributed by atoms with Gasteiger partial charge in [-0.2, -0.15) is 9.50 Å². The number of hydrogen-bond donors (Lipinski definition) is 1. The lowest BCUT2D eigenvalue weighted by atomic mass is 10.1. The molecular formula is C23H23N5O3. The van der Waals surface area contributed by atoms with Crippen LogP contribution in [-0.4, -0.2) is 31.7 Å². The van der Waals surface area contributed by atoms with E-state index in [1.165, 1.54) is 10.6 Å². The van der Waals surface area contributed by atoms with Crippen molar-refractivity contribution in [3.63, 3.8) is 0 Å². The molecule has 1 amide bonds. The van der Waals surface area contributed by atoms with Crippen LogP contribution >= 0.6 is 0 Å². The lowest BCUT2D eigenvalue weighted by molar-refractivity contribution is -0.116. The Labute approximate surface area is 179 Å². The van der Waals surface area contributed by atoms with Crippen molar-refractivity contribution in [1.29, 1.82) is 0 Å². The second-order valence-corrected chi connectivity index (χ2v) is 7.23. The first-order valence-corrected chi connectivity index (χ1v) is 10.0. The molecule has 0 fully saturated rings. The van der Waals surface area contributed by atoms with Crippen molar-refractivity contribution < 1.29 is 9.53 Å². The van der Waals surface area contributed by atoms with E-state index in [1.807, 2.05) is 38.1 Å². The number of nitrogens with zero attached hydrogens (tertiary/aromatic N) is 4. The molecule has 2 heterocycles. The van der Waals surface area contributed by atoms with Gasteiger partial charge in [0.25, 0.3) is 5.56 Å². The second-order valence-electron chi connectivity index (χ2n) is 7.23. The first-order chi connectivity index (χ1) is 14.9. The van der Waals surface area contributed by atoms with Gasteiger partial charge in [-0.3, -0.25) is 9.59 Å². The molecule has 158 valence electrons. The zero-order chi connectivity index (χ0) is 22.0. The van der Waals surface area contributed by atoms with Crippen molar-refractivity contribution in [3.8, 4) is 17.1 Å². The van der Waals surface area contributed by atoms with Gasteiger partial charge >= 0.3 is 0 Å². The SMILES string of the molecule is CCOc1ccc(NC(=O)Cn2c(C)cc(=O)n3nc(-c4cccc(C)c4)nc23)cc1. The Morgan fingerprint density at radius 1 is 1.10 bits per heavy atom. The van der Waals surface area contributed by atoms with Gasteiger partial charge in [-0.1, -0.05) is 23.8 Å². The van der Waals surface area contributed by atoms with E-state index in [0.29, 0.717) is 29.6 Å². The number of carbonyl (C=O) groups is 1. The van der Waals surface area contributed by atoms with E-state index in [2.05, 4.69) is 15.4 Å². The van der Waals surface area contributed by atoms with E-state index < -0.39 is 0 Å². The average Bonchev–Trinajstić information content (AvgIpc) is 3.19. The fourth-order valence-corrected chi connectivity index (χ4v) is 3.35. The van der Waals surface area contributed by atoms with E-state index in [4.69, 9.17) is 4.74 Å². The molecule has 4 aromatic rings. The summed E-state index contributed by atoms with van der Waals surface area (Å²) in [6.45, 7) is 6.24. The molecule has 2 aromatic heterocycles. The lowest BCUT2D eigenvalue weighted by Crippen LogP contribution is -2.25. The van der Waals surface area contributed by atoms with E-state index in [9.17, 15) is 9.59 Å². The van der Waals surface area contributed by atoms with Gasteiger partial charge in [0.2, 0.25) is 11.7 Å². The van der Waals surface area contributed by atoms with Crippen LogP contribution in [0.3, 0.4) is 0 Å². The average molecular weight is 417 g/mol. The number of ether oxygens (including phenoxy) is 1. The van der Waals surface area contributed by atoms with E-state index >= 15 is 0 Å². The maximum absolute atomic E-state index is 12.7. The van der Waals surface area contributed by atoms with Gasteiger partial charge in [-0.15, -0.1) is 5.10 Å². The Morgan fingerprint density at radius 2 is 1.87 bits per heavy atom. The summed E-state index contributed by atoms with van der Waals surface area (Å²) in [7, 11) is 0. The molecule has 0 bridgehead atoms. The summed E-state index contributed by atoms with van der Waals surface area (Å²) in [6.07, 6.45) is 0. The topological polar surface area (TPSA) is 90.5 Å². The van der Waals surface area contributed by atoms with Crippen molar-refractivity contribution in [2.24, 2.45) is 0 Å². The molecule has 0 saturated heterocycles. The molecule has 8 nitrogen and oxygen atoms in total. The highest BCUT2D eigenvalue weighted by Gasteiger charge is 2.16. The van der Waals surface area contributed by atoms with Gasteiger partial charge in [-0.25, -0.2) is 0 Å². The molecular weight excluding hydrogens is 394 g/mol. The molecule has 0 saturated carbocycles. The summed E-state index contributed by atoms with van der Waals surface area (Å²) < 4.78 is 8.33. The third-order valence-electron chi connectivity index (χ3n) is 4.83. The molecule has 0 aliphatic carbocycles. The quantitative estimate of drug-likeness (QED) is 0.520. The van der Waals surface area contributed by atoms with Crippen LogP contribution < -0.4 is 15.6 Å². The third-order valence-corrected chi connectivity index (χ3v) is 4.83. The third kappa shape index (κ3) is 4.32. The number of rotatable bonds is 6. The number of hydrogen-bond acceptors (Lipinski definition) is 5. The number of fused-ring (bicyclic) bond motifs is 1. The van der Waals surface area contributed by atoms with Crippen molar-refractivity contribution in [2.75, 3.05) is 11.9 Å². The highest BCUT2D eigenvalue weighted by molar-refractivity contribution is 5.90. The summed E-state index contributed by atoms with van der Waals surface area (Å²) >= 11 is 0. The van der Waals surface area contributed by atoms with Crippen LogP contribution in [0.1, 0.15) is 18.2 Å². The first-order valence-electron chi connectivity index (χ1n) is 10.0. The van der Waals surface area contributed by atoms with Gasteiger partial charge in [0.05, 0.1) is 6.61 Å². The second kappa shape index (κ2) is 8.43. The van der Waals surface area contributed by atoms with Crippen LogP contribution in [0, 0.1) is 13.8 Å². The minimum atomic E-state index is -0.290. The van der Waals surface area contributed by atoms with E-state index in [-0.39, 0.29) is 18.0 Å². The van der Waals surface area contributed by atoms with Crippen LogP contribution in [0.15, 0.2) is 59.4 Å². The summed E-state index contributed by atoms with van der Waals surface area (Å²) in [5, 5.41) is 7.23. The highest BCUT2D eigenvalue weighted by Crippen LogP contribution is 2.18. The smallest absolute Gasteiger partial charge is 0.275 e. The normalized spacial score (nSPS) is 10.9.